The maximum atomic E-state index is 11.6. The summed E-state index contributed by atoms with van der Waals surface area (Å²) in [7, 11) is 0. The first-order valence-corrected chi connectivity index (χ1v) is 7.53. The number of anilines is 1. The van der Waals surface area contributed by atoms with Gasteiger partial charge in [-0.1, -0.05) is 20.8 Å². The van der Waals surface area contributed by atoms with Crippen molar-refractivity contribution in [3.63, 3.8) is 0 Å². The smallest absolute Gasteiger partial charge is 0.343 e. The van der Waals surface area contributed by atoms with Crippen LogP contribution in [0.2, 0.25) is 0 Å². The predicted octanol–water partition coefficient (Wildman–Crippen LogP) is 1.72. The Labute approximate surface area is 127 Å². The minimum absolute atomic E-state index is 0.201. The van der Waals surface area contributed by atoms with Gasteiger partial charge in [0.15, 0.2) is 5.16 Å². The zero-order valence-corrected chi connectivity index (χ0v) is 13.7. The SMILES string of the molecule is CCn1c(Sc2nc(C(C)(C)C)nc(N)c2C)n[nH]c1=O. The Morgan fingerprint density at radius 2 is 2.00 bits per heavy atom. The number of hydrogen-bond acceptors (Lipinski definition) is 6. The molecule has 0 aliphatic carbocycles. The molecule has 3 N–H and O–H groups in total. The van der Waals surface area contributed by atoms with Crippen LogP contribution in [0, 0.1) is 6.92 Å². The Kier molecular flexibility index (Phi) is 4.08. The van der Waals surface area contributed by atoms with Gasteiger partial charge in [-0.25, -0.2) is 19.9 Å². The molecule has 0 bridgehead atoms. The highest BCUT2D eigenvalue weighted by molar-refractivity contribution is 7.99. The van der Waals surface area contributed by atoms with Gasteiger partial charge >= 0.3 is 5.69 Å². The number of nitrogens with one attached hydrogen (secondary N) is 1. The third-order valence-electron chi connectivity index (χ3n) is 3.04. The second-order valence-corrected chi connectivity index (χ2v) is 6.73. The summed E-state index contributed by atoms with van der Waals surface area (Å²) in [4.78, 5) is 20.6. The van der Waals surface area contributed by atoms with E-state index in [-0.39, 0.29) is 11.1 Å². The summed E-state index contributed by atoms with van der Waals surface area (Å²) in [6, 6.07) is 0. The van der Waals surface area contributed by atoms with Crippen LogP contribution in [0.25, 0.3) is 0 Å². The molecule has 2 aromatic rings. The van der Waals surface area contributed by atoms with E-state index in [0.29, 0.717) is 23.3 Å². The summed E-state index contributed by atoms with van der Waals surface area (Å²) < 4.78 is 1.55. The molecule has 0 atom stereocenters. The van der Waals surface area contributed by atoms with E-state index in [4.69, 9.17) is 5.73 Å². The summed E-state index contributed by atoms with van der Waals surface area (Å²) in [6.07, 6.45) is 0. The molecule has 0 saturated carbocycles. The van der Waals surface area contributed by atoms with E-state index in [1.54, 1.807) is 4.57 Å². The van der Waals surface area contributed by atoms with Crippen LogP contribution in [0.15, 0.2) is 15.0 Å². The molecule has 2 rings (SSSR count). The van der Waals surface area contributed by atoms with Crippen molar-refractivity contribution in [2.75, 3.05) is 5.73 Å². The Morgan fingerprint density at radius 3 is 2.57 bits per heavy atom. The van der Waals surface area contributed by atoms with Crippen LogP contribution in [-0.4, -0.2) is 24.7 Å². The lowest BCUT2D eigenvalue weighted by Crippen LogP contribution is -2.19. The van der Waals surface area contributed by atoms with Gasteiger partial charge in [-0.15, -0.1) is 5.10 Å². The van der Waals surface area contributed by atoms with Gasteiger partial charge in [0.1, 0.15) is 16.7 Å². The van der Waals surface area contributed by atoms with Gasteiger partial charge in [-0.05, 0) is 25.6 Å². The molecule has 2 aromatic heterocycles. The highest BCUT2D eigenvalue weighted by Crippen LogP contribution is 2.31. The maximum Gasteiger partial charge on any atom is 0.343 e. The van der Waals surface area contributed by atoms with Gasteiger partial charge in [0, 0.05) is 17.5 Å². The zero-order chi connectivity index (χ0) is 15.8. The van der Waals surface area contributed by atoms with E-state index in [9.17, 15) is 4.79 Å². The van der Waals surface area contributed by atoms with Crippen LogP contribution >= 0.6 is 11.8 Å². The first kappa shape index (κ1) is 15.6. The van der Waals surface area contributed by atoms with Crippen LogP contribution in [0.4, 0.5) is 5.82 Å². The molecular weight excluding hydrogens is 288 g/mol. The van der Waals surface area contributed by atoms with Crippen molar-refractivity contribution in [3.05, 3.63) is 21.9 Å². The molecule has 0 spiro atoms. The van der Waals surface area contributed by atoms with Crippen molar-refractivity contribution < 1.29 is 0 Å². The van der Waals surface area contributed by atoms with Crippen molar-refractivity contribution in [1.29, 1.82) is 0 Å². The molecule has 0 fully saturated rings. The second kappa shape index (κ2) is 5.51. The van der Waals surface area contributed by atoms with Gasteiger partial charge in [0.2, 0.25) is 0 Å². The molecule has 0 aliphatic rings. The molecular formula is C13H20N6OS. The summed E-state index contributed by atoms with van der Waals surface area (Å²) in [6.45, 7) is 10.4. The Hall–Kier alpha value is -1.83. The molecule has 8 heteroatoms. The zero-order valence-electron chi connectivity index (χ0n) is 12.9. The number of nitrogens with zero attached hydrogens (tertiary/aromatic N) is 4. The van der Waals surface area contributed by atoms with Crippen molar-refractivity contribution in [1.82, 2.24) is 24.7 Å². The number of H-pyrrole nitrogens is 1. The van der Waals surface area contributed by atoms with Crippen LogP contribution < -0.4 is 11.4 Å². The third-order valence-corrected chi connectivity index (χ3v) is 4.12. The lowest BCUT2D eigenvalue weighted by molar-refractivity contribution is 0.538. The van der Waals surface area contributed by atoms with Crippen molar-refractivity contribution in [3.8, 4) is 0 Å². The van der Waals surface area contributed by atoms with Crippen molar-refractivity contribution >= 4 is 17.6 Å². The molecule has 0 aliphatic heterocycles. The van der Waals surface area contributed by atoms with E-state index in [1.807, 2.05) is 34.6 Å². The Morgan fingerprint density at radius 1 is 1.33 bits per heavy atom. The van der Waals surface area contributed by atoms with Gasteiger partial charge in [-0.2, -0.15) is 0 Å². The number of nitrogen functional groups attached to an aromatic ring is 1. The van der Waals surface area contributed by atoms with Crippen LogP contribution in [0.5, 0.6) is 0 Å². The highest BCUT2D eigenvalue weighted by Gasteiger charge is 2.21. The number of aromatic nitrogens is 5. The molecule has 0 unspecified atom stereocenters. The Balaban J connectivity index is 2.48. The predicted molar refractivity (Wildman–Crippen MR) is 82.5 cm³/mol. The topological polar surface area (TPSA) is 102 Å². The van der Waals surface area contributed by atoms with Crippen LogP contribution in [0.3, 0.4) is 0 Å². The van der Waals surface area contributed by atoms with Gasteiger partial charge < -0.3 is 5.73 Å². The molecule has 7 nitrogen and oxygen atoms in total. The fourth-order valence-electron chi connectivity index (χ4n) is 1.69. The summed E-state index contributed by atoms with van der Waals surface area (Å²) >= 11 is 1.32. The van der Waals surface area contributed by atoms with E-state index in [1.165, 1.54) is 11.8 Å². The molecule has 21 heavy (non-hydrogen) atoms. The van der Waals surface area contributed by atoms with Gasteiger partial charge in [0.25, 0.3) is 0 Å². The number of rotatable bonds is 3. The largest absolute Gasteiger partial charge is 0.383 e. The molecule has 2 heterocycles. The molecule has 0 radical (unpaired) electrons. The fourth-order valence-corrected chi connectivity index (χ4v) is 2.67. The van der Waals surface area contributed by atoms with E-state index < -0.39 is 0 Å². The third kappa shape index (κ3) is 3.10. The monoisotopic (exact) mass is 308 g/mol. The fraction of sp³-hybridized carbons (Fsp3) is 0.538. The summed E-state index contributed by atoms with van der Waals surface area (Å²) in [5.74, 6) is 1.13. The first-order chi connectivity index (χ1) is 9.74. The summed E-state index contributed by atoms with van der Waals surface area (Å²) in [5.41, 5.74) is 6.36. The van der Waals surface area contributed by atoms with Crippen molar-refractivity contribution in [2.24, 2.45) is 0 Å². The highest BCUT2D eigenvalue weighted by atomic mass is 32.2. The quantitative estimate of drug-likeness (QED) is 0.837. The molecule has 0 saturated heterocycles. The second-order valence-electron chi connectivity index (χ2n) is 5.77. The lowest BCUT2D eigenvalue weighted by Gasteiger charge is -2.18. The number of aromatic amines is 1. The molecule has 0 amide bonds. The first-order valence-electron chi connectivity index (χ1n) is 6.71. The normalized spacial score (nSPS) is 11.9. The van der Waals surface area contributed by atoms with E-state index in [0.717, 1.165) is 10.6 Å². The minimum Gasteiger partial charge on any atom is -0.383 e. The standard InChI is InChI=1S/C13H20N6OS/c1-6-19-11(20)17-18-12(19)21-9-7(2)8(14)15-10(16-9)13(3,4)5/h6H2,1-5H3,(H,17,20)(H2,14,15,16). The maximum absolute atomic E-state index is 11.6. The lowest BCUT2D eigenvalue weighted by atomic mass is 9.95. The number of nitrogens with two attached hydrogens (primary N) is 1. The molecule has 0 aromatic carbocycles. The van der Waals surface area contributed by atoms with Gasteiger partial charge in [-0.3, -0.25) is 4.57 Å². The number of hydrogen-bond donors (Lipinski definition) is 2. The van der Waals surface area contributed by atoms with Crippen LogP contribution in [0.1, 0.15) is 39.1 Å². The average Bonchev–Trinajstić information content (AvgIpc) is 2.73. The van der Waals surface area contributed by atoms with Crippen LogP contribution in [-0.2, 0) is 12.0 Å². The molecule has 114 valence electrons. The summed E-state index contributed by atoms with van der Waals surface area (Å²) in [5, 5.41) is 7.78. The average molecular weight is 308 g/mol. The minimum atomic E-state index is -0.226. The van der Waals surface area contributed by atoms with E-state index in [2.05, 4.69) is 20.2 Å². The van der Waals surface area contributed by atoms with E-state index >= 15 is 0 Å². The van der Waals surface area contributed by atoms with Gasteiger partial charge in [0.05, 0.1) is 0 Å². The Bertz CT molecular complexity index is 712. The van der Waals surface area contributed by atoms with Crippen molar-refractivity contribution in [2.45, 2.75) is 56.8 Å².